The minimum atomic E-state index is -3.90. The summed E-state index contributed by atoms with van der Waals surface area (Å²) in [5, 5.41) is -1.04. The molecule has 0 radical (unpaired) electrons. The number of hydrogen-bond donors (Lipinski definition) is 0. The first-order valence-corrected chi connectivity index (χ1v) is 13.3. The van der Waals surface area contributed by atoms with Crippen LogP contribution in [0, 0.1) is 12.7 Å². The maximum absolute atomic E-state index is 13.2. The Balaban J connectivity index is 1.54. The summed E-state index contributed by atoms with van der Waals surface area (Å²) >= 11 is 0. The molecule has 0 bridgehead atoms. The van der Waals surface area contributed by atoms with Gasteiger partial charge in [-0.15, -0.1) is 0 Å². The van der Waals surface area contributed by atoms with Gasteiger partial charge in [-0.1, -0.05) is 12.1 Å². The minimum Gasteiger partial charge on any atom is -0.369 e. The van der Waals surface area contributed by atoms with Crippen molar-refractivity contribution >= 4 is 25.4 Å². The van der Waals surface area contributed by atoms with Crippen LogP contribution in [-0.2, 0) is 19.7 Å². The van der Waals surface area contributed by atoms with Crippen molar-refractivity contribution in [2.45, 2.75) is 23.1 Å². The second kappa shape index (κ2) is 7.94. The third-order valence-electron chi connectivity index (χ3n) is 5.96. The van der Waals surface area contributed by atoms with Gasteiger partial charge in [0.25, 0.3) is 0 Å². The third kappa shape index (κ3) is 4.24. The lowest BCUT2D eigenvalue weighted by Gasteiger charge is -2.40. The van der Waals surface area contributed by atoms with E-state index in [4.69, 9.17) is 0 Å². The molecule has 2 atom stereocenters. The fourth-order valence-electron chi connectivity index (χ4n) is 4.37. The zero-order valence-electron chi connectivity index (χ0n) is 16.7. The third-order valence-corrected chi connectivity index (χ3v) is 10.1. The molecule has 2 saturated heterocycles. The molecule has 2 aliphatic heterocycles. The highest BCUT2D eigenvalue weighted by Gasteiger charge is 2.48. The molecule has 2 heterocycles. The van der Waals surface area contributed by atoms with Crippen molar-refractivity contribution in [3.8, 4) is 0 Å². The minimum absolute atomic E-state index is 0.0330. The van der Waals surface area contributed by atoms with Crippen molar-refractivity contribution in [3.63, 3.8) is 0 Å². The van der Waals surface area contributed by atoms with Crippen LogP contribution in [0.15, 0.2) is 53.4 Å². The molecule has 0 aliphatic carbocycles. The van der Waals surface area contributed by atoms with Gasteiger partial charge in [0, 0.05) is 37.9 Å². The summed E-state index contributed by atoms with van der Waals surface area (Å²) < 4.78 is 64.4. The molecule has 0 saturated carbocycles. The van der Waals surface area contributed by atoms with Gasteiger partial charge < -0.3 is 4.90 Å². The Morgan fingerprint density at radius 3 is 2.27 bits per heavy atom. The number of rotatable bonds is 4. The molecule has 0 aromatic heterocycles. The molecule has 9 heteroatoms. The molecule has 162 valence electrons. The Labute approximate surface area is 177 Å². The highest BCUT2D eigenvalue weighted by molar-refractivity contribution is 7.96. The first-order valence-electron chi connectivity index (χ1n) is 9.91. The first-order chi connectivity index (χ1) is 14.2. The van der Waals surface area contributed by atoms with Gasteiger partial charge in [0.15, 0.2) is 19.7 Å². The Hall–Kier alpha value is -1.97. The highest BCUT2D eigenvalue weighted by Crippen LogP contribution is 2.30. The van der Waals surface area contributed by atoms with E-state index in [-0.39, 0.29) is 10.6 Å². The Kier molecular flexibility index (Phi) is 5.63. The van der Waals surface area contributed by atoms with E-state index < -0.39 is 42.5 Å². The Morgan fingerprint density at radius 1 is 0.967 bits per heavy atom. The van der Waals surface area contributed by atoms with Gasteiger partial charge in [0.2, 0.25) is 0 Å². The summed E-state index contributed by atoms with van der Waals surface area (Å²) in [6.45, 7) is 4.60. The number of halogens is 1. The van der Waals surface area contributed by atoms with E-state index in [1.54, 1.807) is 0 Å². The number of sulfone groups is 2. The molecule has 0 N–H and O–H groups in total. The molecule has 0 amide bonds. The van der Waals surface area contributed by atoms with Crippen LogP contribution in [0.3, 0.4) is 0 Å². The number of benzene rings is 2. The number of aryl methyl sites for hydroxylation is 1. The predicted molar refractivity (Wildman–Crippen MR) is 115 cm³/mol. The van der Waals surface area contributed by atoms with Crippen molar-refractivity contribution in [3.05, 3.63) is 59.9 Å². The van der Waals surface area contributed by atoms with Gasteiger partial charge in [-0.3, -0.25) is 4.90 Å². The van der Waals surface area contributed by atoms with Gasteiger partial charge in [-0.2, -0.15) is 0 Å². The molecular formula is C21H25FN2O4S2. The van der Waals surface area contributed by atoms with Gasteiger partial charge in [0.1, 0.15) is 5.82 Å². The Bertz CT molecular complexity index is 1130. The number of piperazine rings is 1. The predicted octanol–water partition coefficient (Wildman–Crippen LogP) is 1.90. The number of nitrogens with zero attached hydrogens (tertiary/aromatic N) is 2. The lowest BCUT2D eigenvalue weighted by atomic mass is 10.1. The average molecular weight is 453 g/mol. The molecule has 2 aromatic rings. The smallest absolute Gasteiger partial charge is 0.183 e. The molecule has 2 aliphatic rings. The van der Waals surface area contributed by atoms with Crippen LogP contribution in [-0.4, -0.2) is 70.7 Å². The van der Waals surface area contributed by atoms with Crippen molar-refractivity contribution in [1.29, 1.82) is 0 Å². The lowest BCUT2D eigenvalue weighted by Crippen LogP contribution is -2.55. The van der Waals surface area contributed by atoms with Crippen molar-refractivity contribution in [1.82, 2.24) is 4.90 Å². The van der Waals surface area contributed by atoms with Crippen LogP contribution in [0.1, 0.15) is 5.56 Å². The fraction of sp³-hybridized carbons (Fsp3) is 0.429. The van der Waals surface area contributed by atoms with E-state index >= 15 is 0 Å². The zero-order chi connectivity index (χ0) is 21.5. The Morgan fingerprint density at radius 2 is 1.63 bits per heavy atom. The summed E-state index contributed by atoms with van der Waals surface area (Å²) in [4.78, 5) is 4.19. The quantitative estimate of drug-likeness (QED) is 0.660. The van der Waals surface area contributed by atoms with E-state index in [9.17, 15) is 21.2 Å². The largest absolute Gasteiger partial charge is 0.369 e. The SMILES string of the molecule is Cc1cccc(N2CCN(C3CS(=O)(=O)CC3S(=O)(=O)c3ccc(F)cc3)CC2)c1. The van der Waals surface area contributed by atoms with Crippen LogP contribution >= 0.6 is 0 Å². The van der Waals surface area contributed by atoms with E-state index in [0.29, 0.717) is 26.2 Å². The monoisotopic (exact) mass is 452 g/mol. The van der Waals surface area contributed by atoms with E-state index in [1.165, 1.54) is 17.7 Å². The summed E-state index contributed by atoms with van der Waals surface area (Å²) in [6.07, 6.45) is 0. The van der Waals surface area contributed by atoms with Gasteiger partial charge in [0.05, 0.1) is 21.7 Å². The zero-order valence-corrected chi connectivity index (χ0v) is 18.4. The van der Waals surface area contributed by atoms with Gasteiger partial charge in [-0.25, -0.2) is 21.2 Å². The summed E-state index contributed by atoms with van der Waals surface area (Å²) in [7, 11) is -7.37. The average Bonchev–Trinajstić information content (AvgIpc) is 3.05. The van der Waals surface area contributed by atoms with Gasteiger partial charge >= 0.3 is 0 Å². The molecule has 2 aromatic carbocycles. The maximum Gasteiger partial charge on any atom is 0.183 e. The first kappa shape index (κ1) is 21.3. The standard InChI is InChI=1S/C21H25FN2O4S2/c1-16-3-2-4-18(13-16)23-9-11-24(12-10-23)20-14-29(25,26)15-21(20)30(27,28)19-7-5-17(22)6-8-19/h2-8,13,20-21H,9-12,14-15H2,1H3. The summed E-state index contributed by atoms with van der Waals surface area (Å²) in [6, 6.07) is 12.2. The molecule has 2 unspecified atom stereocenters. The lowest BCUT2D eigenvalue weighted by molar-refractivity contribution is 0.201. The van der Waals surface area contributed by atoms with E-state index in [1.807, 2.05) is 30.0 Å². The molecule has 4 rings (SSSR count). The molecule has 6 nitrogen and oxygen atoms in total. The van der Waals surface area contributed by atoms with E-state index in [0.717, 1.165) is 17.8 Å². The highest BCUT2D eigenvalue weighted by atomic mass is 32.2. The topological polar surface area (TPSA) is 74.8 Å². The summed E-state index contributed by atoms with van der Waals surface area (Å²) in [5.74, 6) is -1.09. The van der Waals surface area contributed by atoms with Gasteiger partial charge in [-0.05, 0) is 48.9 Å². The molecule has 0 spiro atoms. The number of anilines is 1. The number of hydrogen-bond acceptors (Lipinski definition) is 6. The van der Waals surface area contributed by atoms with Crippen LogP contribution in [0.25, 0.3) is 0 Å². The fourth-order valence-corrected chi connectivity index (χ4v) is 9.20. The second-order valence-electron chi connectivity index (χ2n) is 8.04. The molecule has 2 fully saturated rings. The molecule has 30 heavy (non-hydrogen) atoms. The van der Waals surface area contributed by atoms with E-state index in [2.05, 4.69) is 11.0 Å². The van der Waals surface area contributed by atoms with Crippen molar-refractivity contribution in [2.24, 2.45) is 0 Å². The van der Waals surface area contributed by atoms with Crippen LogP contribution in [0.2, 0.25) is 0 Å². The van der Waals surface area contributed by atoms with Crippen LogP contribution in [0.4, 0.5) is 10.1 Å². The van der Waals surface area contributed by atoms with Crippen LogP contribution in [0.5, 0.6) is 0 Å². The van der Waals surface area contributed by atoms with Crippen molar-refractivity contribution < 1.29 is 21.2 Å². The van der Waals surface area contributed by atoms with Crippen LogP contribution < -0.4 is 4.90 Å². The maximum atomic E-state index is 13.2. The normalized spacial score (nSPS) is 24.8. The second-order valence-corrected chi connectivity index (χ2v) is 12.4. The van der Waals surface area contributed by atoms with Crippen molar-refractivity contribution in [2.75, 3.05) is 42.6 Å². The summed E-state index contributed by atoms with van der Waals surface area (Å²) in [5.41, 5.74) is 2.28. The molecular weight excluding hydrogens is 427 g/mol.